The van der Waals surface area contributed by atoms with Crippen LogP contribution in [0.15, 0.2) is 53.1 Å². The van der Waals surface area contributed by atoms with Crippen LogP contribution in [0.4, 0.5) is 5.69 Å². The summed E-state index contributed by atoms with van der Waals surface area (Å²) in [5.74, 6) is 0.445. The van der Waals surface area contributed by atoms with Crippen molar-refractivity contribution in [2.75, 3.05) is 25.0 Å². The number of carbonyl (C=O) groups is 2. The number of aromatic nitrogens is 2. The number of nitrogens with one attached hydrogen (secondary N) is 3. The minimum Gasteiger partial charge on any atom is -0.463 e. The molecule has 2 amide bonds. The van der Waals surface area contributed by atoms with E-state index in [1.165, 1.54) is 0 Å². The predicted octanol–water partition coefficient (Wildman–Crippen LogP) is 2.62. The summed E-state index contributed by atoms with van der Waals surface area (Å²) in [4.78, 5) is 27.4. The molecule has 0 saturated carbocycles. The van der Waals surface area contributed by atoms with Crippen molar-refractivity contribution >= 4 is 17.5 Å². The average molecular weight is 433 g/mol. The van der Waals surface area contributed by atoms with E-state index in [1.54, 1.807) is 18.4 Å². The first-order chi connectivity index (χ1) is 15.5. The van der Waals surface area contributed by atoms with E-state index in [-0.39, 0.29) is 17.4 Å². The zero-order valence-corrected chi connectivity index (χ0v) is 17.4. The maximum absolute atomic E-state index is 13.0. The number of nitrogens with zero attached hydrogens (tertiary/aromatic N) is 2. The van der Waals surface area contributed by atoms with E-state index in [2.05, 4.69) is 20.8 Å². The summed E-state index contributed by atoms with van der Waals surface area (Å²) in [5.41, 5.74) is 1.54. The van der Waals surface area contributed by atoms with Crippen LogP contribution < -0.4 is 10.6 Å². The van der Waals surface area contributed by atoms with Crippen molar-refractivity contribution in [1.82, 2.24) is 20.4 Å². The highest BCUT2D eigenvalue weighted by atomic mass is 16.5. The molecule has 2 aromatic heterocycles. The lowest BCUT2D eigenvalue weighted by Gasteiger charge is -2.40. The smallest absolute Gasteiger partial charge is 0.274 e. The van der Waals surface area contributed by atoms with Gasteiger partial charge in [-0.25, -0.2) is 0 Å². The number of ether oxygens (including phenoxy) is 1. The van der Waals surface area contributed by atoms with Crippen molar-refractivity contribution in [1.29, 1.82) is 0 Å². The number of piperidine rings is 1. The lowest BCUT2D eigenvalue weighted by molar-refractivity contribution is -0.0394. The van der Waals surface area contributed by atoms with Gasteiger partial charge in [0.1, 0.15) is 11.4 Å². The molecule has 0 aliphatic carbocycles. The quantitative estimate of drug-likeness (QED) is 0.573. The Morgan fingerprint density at radius 2 is 1.94 bits per heavy atom. The van der Waals surface area contributed by atoms with Crippen LogP contribution in [0.25, 0.3) is 11.5 Å². The molecule has 3 N–H and O–H groups in total. The number of fused-ring (bicyclic) bond motifs is 1. The highest BCUT2D eigenvalue weighted by Gasteiger charge is 2.53. The Morgan fingerprint density at radius 3 is 2.75 bits per heavy atom. The van der Waals surface area contributed by atoms with Crippen molar-refractivity contribution in [3.63, 3.8) is 0 Å². The van der Waals surface area contributed by atoms with Crippen LogP contribution in [0.2, 0.25) is 0 Å². The zero-order chi connectivity index (χ0) is 21.8. The summed E-state index contributed by atoms with van der Waals surface area (Å²) in [6, 6.07) is 12.8. The molecule has 9 nitrogen and oxygen atoms in total. The number of carbonyl (C=O) groups excluding carboxylic acids is 2. The van der Waals surface area contributed by atoms with Crippen LogP contribution in [0.1, 0.15) is 40.1 Å². The maximum atomic E-state index is 13.0. The molecule has 0 radical (unpaired) electrons. The van der Waals surface area contributed by atoms with E-state index in [9.17, 15) is 9.59 Å². The Labute approximate surface area is 184 Å². The van der Waals surface area contributed by atoms with Crippen molar-refractivity contribution in [2.45, 2.75) is 30.5 Å². The average Bonchev–Trinajstić information content (AvgIpc) is 3.55. The van der Waals surface area contributed by atoms with Crippen molar-refractivity contribution in [3.8, 4) is 11.5 Å². The molecule has 6 rings (SSSR count). The maximum Gasteiger partial charge on any atom is 0.274 e. The van der Waals surface area contributed by atoms with Gasteiger partial charge in [-0.2, -0.15) is 5.10 Å². The van der Waals surface area contributed by atoms with Gasteiger partial charge in [0.05, 0.1) is 24.0 Å². The molecule has 3 aliphatic heterocycles. The Kier molecular flexibility index (Phi) is 4.16. The normalized spacial score (nSPS) is 23.8. The van der Waals surface area contributed by atoms with Gasteiger partial charge in [0.2, 0.25) is 0 Å². The summed E-state index contributed by atoms with van der Waals surface area (Å²) in [7, 11) is 0. The Bertz CT molecular complexity index is 1180. The largest absolute Gasteiger partial charge is 0.463 e. The number of rotatable bonds is 2. The second-order valence-electron chi connectivity index (χ2n) is 8.79. The highest BCUT2D eigenvalue weighted by Crippen LogP contribution is 2.43. The summed E-state index contributed by atoms with van der Waals surface area (Å²) in [6.07, 6.45) is 3.65. The van der Waals surface area contributed by atoms with E-state index in [0.717, 1.165) is 5.69 Å². The first-order valence-corrected chi connectivity index (χ1v) is 10.8. The van der Waals surface area contributed by atoms with Crippen LogP contribution in [-0.2, 0) is 4.74 Å². The third kappa shape index (κ3) is 3.08. The Balaban J connectivity index is 1.13. The van der Waals surface area contributed by atoms with Gasteiger partial charge in [-0.3, -0.25) is 14.7 Å². The fourth-order valence-electron chi connectivity index (χ4n) is 5.04. The number of hydrogen-bond acceptors (Lipinski definition) is 6. The molecule has 1 unspecified atom stereocenters. The van der Waals surface area contributed by atoms with Gasteiger partial charge in [-0.15, -0.1) is 0 Å². The minimum absolute atomic E-state index is 0.0847. The van der Waals surface area contributed by atoms with Crippen LogP contribution in [0.3, 0.4) is 0 Å². The summed E-state index contributed by atoms with van der Waals surface area (Å²) < 4.78 is 11.6. The standard InChI is InChI=1S/C23H23N5O4/c29-20-15-4-1-2-5-16(15)24-23(25-20)13-22(32-14-23)7-9-28(10-8-22)21(30)18-12-17(26-27-18)19-6-3-11-31-19/h1-6,11-12,24H,7-10,13-14H2,(H,25,29)(H,26,27). The van der Waals surface area contributed by atoms with Crippen molar-refractivity contribution in [2.24, 2.45) is 0 Å². The molecular formula is C23H23N5O4. The molecule has 5 heterocycles. The lowest BCUT2D eigenvalue weighted by atomic mass is 9.84. The lowest BCUT2D eigenvalue weighted by Crippen LogP contribution is -2.59. The Hall–Kier alpha value is -3.59. The molecule has 0 bridgehead atoms. The number of H-pyrrole nitrogens is 1. The summed E-state index contributed by atoms with van der Waals surface area (Å²) >= 11 is 0. The third-order valence-electron chi connectivity index (χ3n) is 6.69. The van der Waals surface area contributed by atoms with Crippen molar-refractivity contribution in [3.05, 3.63) is 60.0 Å². The van der Waals surface area contributed by atoms with Crippen molar-refractivity contribution < 1.29 is 18.7 Å². The molecule has 2 spiro atoms. The monoisotopic (exact) mass is 433 g/mol. The number of likely N-dealkylation sites (tertiary alicyclic amines) is 1. The number of furan rings is 1. The van der Waals surface area contributed by atoms with Gasteiger partial charge in [0.15, 0.2) is 11.5 Å². The third-order valence-corrected chi connectivity index (χ3v) is 6.69. The number of amides is 2. The highest BCUT2D eigenvalue weighted by molar-refractivity contribution is 6.02. The van der Waals surface area contributed by atoms with Crippen LogP contribution >= 0.6 is 0 Å². The van der Waals surface area contributed by atoms with Gasteiger partial charge in [0, 0.05) is 31.3 Å². The Morgan fingerprint density at radius 1 is 1.09 bits per heavy atom. The number of anilines is 1. The molecule has 1 atom stereocenters. The van der Waals surface area contributed by atoms with Gasteiger partial charge >= 0.3 is 0 Å². The van der Waals surface area contributed by atoms with E-state index >= 15 is 0 Å². The first kappa shape index (κ1) is 19.1. The topological polar surface area (TPSA) is 112 Å². The molecular weight excluding hydrogens is 410 g/mol. The number of aromatic amines is 1. The number of para-hydroxylation sites is 1. The molecule has 164 valence electrons. The molecule has 2 fully saturated rings. The number of hydrogen-bond donors (Lipinski definition) is 3. The van der Waals surface area contributed by atoms with Crippen LogP contribution in [0, 0.1) is 0 Å². The second kappa shape index (κ2) is 6.96. The molecule has 32 heavy (non-hydrogen) atoms. The summed E-state index contributed by atoms with van der Waals surface area (Å²) in [5, 5.41) is 13.6. The van der Waals surface area contributed by atoms with Gasteiger partial charge in [-0.1, -0.05) is 12.1 Å². The van der Waals surface area contributed by atoms with Gasteiger partial charge in [0.25, 0.3) is 11.8 Å². The van der Waals surface area contributed by atoms with E-state index in [1.807, 2.05) is 35.2 Å². The van der Waals surface area contributed by atoms with Crippen LogP contribution in [0.5, 0.6) is 0 Å². The molecule has 3 aliphatic rings. The fraction of sp³-hybridized carbons (Fsp3) is 0.348. The second-order valence-corrected chi connectivity index (χ2v) is 8.79. The zero-order valence-electron chi connectivity index (χ0n) is 17.4. The van der Waals surface area contributed by atoms with E-state index in [0.29, 0.717) is 61.7 Å². The predicted molar refractivity (Wildman–Crippen MR) is 115 cm³/mol. The molecule has 3 aromatic rings. The SMILES string of the molecule is O=C1NC2(COC3(CCN(C(=O)c4cc(-c5ccco5)[nH]n4)CC3)C2)Nc2ccccc21. The number of benzene rings is 1. The van der Waals surface area contributed by atoms with Crippen LogP contribution in [-0.4, -0.2) is 57.9 Å². The van der Waals surface area contributed by atoms with Gasteiger partial charge < -0.3 is 24.7 Å². The molecule has 2 saturated heterocycles. The van der Waals surface area contributed by atoms with E-state index < -0.39 is 5.66 Å². The fourth-order valence-corrected chi connectivity index (χ4v) is 5.04. The minimum atomic E-state index is -0.613. The van der Waals surface area contributed by atoms with Gasteiger partial charge in [-0.05, 0) is 37.1 Å². The van der Waals surface area contributed by atoms with E-state index in [4.69, 9.17) is 9.15 Å². The first-order valence-electron chi connectivity index (χ1n) is 10.8. The molecule has 9 heteroatoms. The molecule has 1 aromatic carbocycles. The summed E-state index contributed by atoms with van der Waals surface area (Å²) in [6.45, 7) is 1.54.